The molecule has 48 valence electrons. The Kier molecular flexibility index (Phi) is 2.16. The summed E-state index contributed by atoms with van der Waals surface area (Å²) in [5.41, 5.74) is -0.177. The van der Waals surface area contributed by atoms with Gasteiger partial charge in [-0.05, 0) is 20.8 Å². The van der Waals surface area contributed by atoms with E-state index in [0.717, 1.165) is 0 Å². The van der Waals surface area contributed by atoms with Gasteiger partial charge in [0.2, 0.25) is 0 Å². The Balaban J connectivity index is 3.55. The lowest BCUT2D eigenvalue weighted by Crippen LogP contribution is -2.21. The minimum absolute atomic E-state index is 0.465. The van der Waals surface area contributed by atoms with Crippen molar-refractivity contribution in [3.8, 4) is 0 Å². The first-order valence-electron chi connectivity index (χ1n) is 2.68. The molecule has 0 saturated heterocycles. The molecule has 0 amide bonds. The zero-order chi connectivity index (χ0) is 6.78. The third-order valence-electron chi connectivity index (χ3n) is 0.698. The van der Waals surface area contributed by atoms with Crippen LogP contribution in [0.15, 0.2) is 0 Å². The maximum atomic E-state index is 9.05. The van der Waals surface area contributed by atoms with E-state index in [1.807, 2.05) is 0 Å². The average Bonchev–Trinajstić information content (AvgIpc) is 1.21. The zero-order valence-corrected chi connectivity index (χ0v) is 5.65. The predicted molar refractivity (Wildman–Crippen MR) is 34.3 cm³/mol. The van der Waals surface area contributed by atoms with Gasteiger partial charge in [-0.1, -0.05) is 0 Å². The van der Waals surface area contributed by atoms with Crippen LogP contribution in [0.2, 0.25) is 0 Å². The van der Waals surface area contributed by atoms with Crippen LogP contribution in [0, 0.1) is 5.41 Å². The fraction of sp³-hybridized carbons (Fsp3) is 0.833. The standard InChI is InChI=1S/C6H13NO/c1-5(7)4-6(2,3)8/h7-8H,4H2,1-3H3. The number of hydrogen-bond acceptors (Lipinski definition) is 2. The van der Waals surface area contributed by atoms with Gasteiger partial charge >= 0.3 is 0 Å². The SMILES string of the molecule is CC(=N)CC(C)(C)O. The quantitative estimate of drug-likeness (QED) is 0.521. The van der Waals surface area contributed by atoms with Crippen LogP contribution in [0.25, 0.3) is 0 Å². The van der Waals surface area contributed by atoms with Gasteiger partial charge in [0, 0.05) is 12.1 Å². The molecule has 2 N–H and O–H groups in total. The Hall–Kier alpha value is -0.370. The highest BCUT2D eigenvalue weighted by atomic mass is 16.3. The van der Waals surface area contributed by atoms with Crippen LogP contribution in [-0.2, 0) is 0 Å². The van der Waals surface area contributed by atoms with Gasteiger partial charge in [-0.3, -0.25) is 0 Å². The first-order chi connectivity index (χ1) is 3.42. The molecule has 2 nitrogen and oxygen atoms in total. The van der Waals surface area contributed by atoms with Gasteiger partial charge in [0.15, 0.2) is 0 Å². The van der Waals surface area contributed by atoms with Crippen molar-refractivity contribution in [2.75, 3.05) is 0 Å². The van der Waals surface area contributed by atoms with E-state index in [2.05, 4.69) is 0 Å². The van der Waals surface area contributed by atoms with Crippen LogP contribution >= 0.6 is 0 Å². The summed E-state index contributed by atoms with van der Waals surface area (Å²) < 4.78 is 0. The molecule has 0 aliphatic rings. The molecule has 0 atom stereocenters. The Morgan fingerprint density at radius 3 is 2.00 bits per heavy atom. The first kappa shape index (κ1) is 7.63. The summed E-state index contributed by atoms with van der Waals surface area (Å²) in [6, 6.07) is 0. The molecule has 0 unspecified atom stereocenters. The number of nitrogens with one attached hydrogen (secondary N) is 1. The Labute approximate surface area is 50.0 Å². The van der Waals surface area contributed by atoms with Gasteiger partial charge in [0.25, 0.3) is 0 Å². The highest BCUT2D eigenvalue weighted by Crippen LogP contribution is 2.06. The summed E-state index contributed by atoms with van der Waals surface area (Å²) >= 11 is 0. The summed E-state index contributed by atoms with van der Waals surface area (Å²) in [5, 5.41) is 16.0. The second-order valence-corrected chi connectivity index (χ2v) is 2.77. The maximum Gasteiger partial charge on any atom is 0.0643 e. The molecule has 0 bridgehead atoms. The molecule has 0 aliphatic carbocycles. The van der Waals surface area contributed by atoms with E-state index >= 15 is 0 Å². The fourth-order valence-corrected chi connectivity index (χ4v) is 0.649. The number of hydrogen-bond donors (Lipinski definition) is 2. The summed E-state index contributed by atoms with van der Waals surface area (Å²) in [5.74, 6) is 0. The monoisotopic (exact) mass is 115 g/mol. The van der Waals surface area contributed by atoms with E-state index in [4.69, 9.17) is 10.5 Å². The normalized spacial score (nSPS) is 11.5. The number of rotatable bonds is 2. The molecular formula is C6H13NO. The summed E-state index contributed by atoms with van der Waals surface area (Å²) in [6.07, 6.45) is 0.465. The summed E-state index contributed by atoms with van der Waals surface area (Å²) in [6.45, 7) is 5.09. The molecule has 0 fully saturated rings. The average molecular weight is 115 g/mol. The molecule has 0 rings (SSSR count). The van der Waals surface area contributed by atoms with Crippen LogP contribution < -0.4 is 0 Å². The lowest BCUT2D eigenvalue weighted by molar-refractivity contribution is 0.0883. The van der Waals surface area contributed by atoms with Gasteiger partial charge in [-0.2, -0.15) is 0 Å². The smallest absolute Gasteiger partial charge is 0.0643 e. The molecular weight excluding hydrogens is 102 g/mol. The van der Waals surface area contributed by atoms with Crippen molar-refractivity contribution in [1.29, 1.82) is 5.41 Å². The van der Waals surface area contributed by atoms with Crippen molar-refractivity contribution >= 4 is 5.71 Å². The molecule has 0 aromatic carbocycles. The van der Waals surface area contributed by atoms with Crippen molar-refractivity contribution in [3.63, 3.8) is 0 Å². The molecule has 0 spiro atoms. The third kappa shape index (κ3) is 5.63. The van der Waals surface area contributed by atoms with Crippen LogP contribution in [0.5, 0.6) is 0 Å². The van der Waals surface area contributed by atoms with Gasteiger partial charge in [-0.25, -0.2) is 0 Å². The maximum absolute atomic E-state index is 9.05. The van der Waals surface area contributed by atoms with E-state index in [1.165, 1.54) is 0 Å². The van der Waals surface area contributed by atoms with Crippen molar-refractivity contribution in [3.05, 3.63) is 0 Å². The second kappa shape index (κ2) is 2.27. The number of aliphatic hydroxyl groups is 1. The predicted octanol–water partition coefficient (Wildman–Crippen LogP) is 1.19. The molecule has 0 heterocycles. The topological polar surface area (TPSA) is 44.1 Å². The summed E-state index contributed by atoms with van der Waals surface area (Å²) in [7, 11) is 0. The lowest BCUT2D eigenvalue weighted by atomic mass is 10.0. The van der Waals surface area contributed by atoms with E-state index in [0.29, 0.717) is 12.1 Å². The fourth-order valence-electron chi connectivity index (χ4n) is 0.649. The molecule has 8 heavy (non-hydrogen) atoms. The van der Waals surface area contributed by atoms with Crippen LogP contribution in [-0.4, -0.2) is 16.4 Å². The first-order valence-corrected chi connectivity index (χ1v) is 2.68. The van der Waals surface area contributed by atoms with Crippen molar-refractivity contribution < 1.29 is 5.11 Å². The molecule has 0 aromatic rings. The third-order valence-corrected chi connectivity index (χ3v) is 0.698. The molecule has 0 aliphatic heterocycles. The highest BCUT2D eigenvalue weighted by molar-refractivity contribution is 5.79. The minimum atomic E-state index is -0.703. The molecule has 0 radical (unpaired) electrons. The van der Waals surface area contributed by atoms with Gasteiger partial charge in [0.05, 0.1) is 5.60 Å². The van der Waals surface area contributed by atoms with E-state index in [1.54, 1.807) is 20.8 Å². The second-order valence-electron chi connectivity index (χ2n) is 2.77. The summed E-state index contributed by atoms with van der Waals surface area (Å²) in [4.78, 5) is 0. The lowest BCUT2D eigenvalue weighted by Gasteiger charge is -2.14. The zero-order valence-electron chi connectivity index (χ0n) is 5.65. The Bertz CT molecular complexity index is 91.2. The van der Waals surface area contributed by atoms with Crippen molar-refractivity contribution in [2.45, 2.75) is 32.8 Å². The van der Waals surface area contributed by atoms with Crippen molar-refractivity contribution in [2.24, 2.45) is 0 Å². The van der Waals surface area contributed by atoms with Gasteiger partial charge in [-0.15, -0.1) is 0 Å². The van der Waals surface area contributed by atoms with E-state index in [-0.39, 0.29) is 0 Å². The highest BCUT2D eigenvalue weighted by Gasteiger charge is 2.11. The van der Waals surface area contributed by atoms with E-state index in [9.17, 15) is 0 Å². The molecule has 0 saturated carbocycles. The Morgan fingerprint density at radius 1 is 1.62 bits per heavy atom. The van der Waals surface area contributed by atoms with Crippen LogP contribution in [0.1, 0.15) is 27.2 Å². The molecule has 2 heteroatoms. The van der Waals surface area contributed by atoms with E-state index < -0.39 is 5.60 Å². The molecule has 0 aromatic heterocycles. The largest absolute Gasteiger partial charge is 0.390 e. The minimum Gasteiger partial charge on any atom is -0.390 e. The van der Waals surface area contributed by atoms with Crippen LogP contribution in [0.4, 0.5) is 0 Å². The van der Waals surface area contributed by atoms with Crippen molar-refractivity contribution in [1.82, 2.24) is 0 Å². The van der Waals surface area contributed by atoms with Gasteiger partial charge in [0.1, 0.15) is 0 Å². The van der Waals surface area contributed by atoms with Gasteiger partial charge < -0.3 is 10.5 Å². The van der Waals surface area contributed by atoms with Crippen LogP contribution in [0.3, 0.4) is 0 Å². The Morgan fingerprint density at radius 2 is 2.00 bits per heavy atom.